The number of hydrogen-bond acceptors (Lipinski definition) is 4. The number of piperidine rings is 1. The topological polar surface area (TPSA) is 64.3 Å². The predicted octanol–water partition coefficient (Wildman–Crippen LogP) is 2.56. The Labute approximate surface area is 123 Å². The smallest absolute Gasteiger partial charge is 0.253 e. The monoisotopic (exact) mass is 290 g/mol. The summed E-state index contributed by atoms with van der Waals surface area (Å²) >= 11 is 1.58. The molecular formula is C15H18N2O2S. The standard InChI is InChI=1S/C15H18N2O2S/c1-11-9-12(3-4-13(11)18)14(19)17-7-5-15(10-16,20-2)6-8-17/h3-4,9,18H,5-8H2,1-2H3. The summed E-state index contributed by atoms with van der Waals surface area (Å²) < 4.78 is -0.346. The van der Waals surface area contributed by atoms with Crippen molar-refractivity contribution in [2.45, 2.75) is 24.5 Å². The number of amides is 1. The third-order valence-electron chi connectivity index (χ3n) is 3.90. The normalized spacial score (nSPS) is 17.6. The molecule has 0 radical (unpaired) electrons. The Morgan fingerprint density at radius 2 is 2.10 bits per heavy atom. The molecule has 1 aliphatic heterocycles. The van der Waals surface area contributed by atoms with Gasteiger partial charge in [-0.05, 0) is 49.8 Å². The van der Waals surface area contributed by atoms with Crippen molar-refractivity contribution >= 4 is 17.7 Å². The summed E-state index contributed by atoms with van der Waals surface area (Å²) in [7, 11) is 0. The fraction of sp³-hybridized carbons (Fsp3) is 0.467. The van der Waals surface area contributed by atoms with Gasteiger partial charge in [0.05, 0.1) is 6.07 Å². The number of phenols is 1. The van der Waals surface area contributed by atoms with Crippen LogP contribution in [0.3, 0.4) is 0 Å². The van der Waals surface area contributed by atoms with Crippen LogP contribution < -0.4 is 0 Å². The first-order valence-corrected chi connectivity index (χ1v) is 7.79. The molecule has 0 saturated carbocycles. The number of thioether (sulfide) groups is 1. The lowest BCUT2D eigenvalue weighted by atomic mass is 9.96. The van der Waals surface area contributed by atoms with Crippen molar-refractivity contribution < 1.29 is 9.90 Å². The number of hydrogen-bond donors (Lipinski definition) is 1. The quantitative estimate of drug-likeness (QED) is 0.909. The maximum absolute atomic E-state index is 12.4. The average Bonchev–Trinajstić information content (AvgIpc) is 2.49. The van der Waals surface area contributed by atoms with Crippen LogP contribution in [0.2, 0.25) is 0 Å². The van der Waals surface area contributed by atoms with Crippen LogP contribution in [-0.2, 0) is 0 Å². The van der Waals surface area contributed by atoms with E-state index in [1.165, 1.54) is 0 Å². The highest BCUT2D eigenvalue weighted by Crippen LogP contribution is 2.34. The van der Waals surface area contributed by atoms with Crippen LogP contribution >= 0.6 is 11.8 Å². The fourth-order valence-electron chi connectivity index (χ4n) is 2.40. The molecule has 1 aromatic carbocycles. The largest absolute Gasteiger partial charge is 0.508 e. The molecular weight excluding hydrogens is 272 g/mol. The summed E-state index contributed by atoms with van der Waals surface area (Å²) in [6.45, 7) is 2.98. The second kappa shape index (κ2) is 5.76. The number of nitrogens with zero attached hydrogens (tertiary/aromatic N) is 2. The Kier molecular flexibility index (Phi) is 4.24. The fourth-order valence-corrected chi connectivity index (χ4v) is 3.09. The molecule has 0 unspecified atom stereocenters. The Morgan fingerprint density at radius 1 is 1.45 bits per heavy atom. The van der Waals surface area contributed by atoms with Gasteiger partial charge in [-0.25, -0.2) is 0 Å². The third-order valence-corrected chi connectivity index (χ3v) is 5.18. The SMILES string of the molecule is CSC1(C#N)CCN(C(=O)c2ccc(O)c(C)c2)CC1. The molecule has 1 N–H and O–H groups in total. The molecule has 20 heavy (non-hydrogen) atoms. The molecule has 0 spiro atoms. The van der Waals surface area contributed by atoms with Crippen molar-refractivity contribution in [3.63, 3.8) is 0 Å². The Balaban J connectivity index is 2.09. The van der Waals surface area contributed by atoms with E-state index in [9.17, 15) is 15.2 Å². The molecule has 4 nitrogen and oxygen atoms in total. The van der Waals surface area contributed by atoms with Gasteiger partial charge in [-0.3, -0.25) is 4.79 Å². The lowest BCUT2D eigenvalue weighted by molar-refractivity contribution is 0.0716. The molecule has 0 aromatic heterocycles. The van der Waals surface area contributed by atoms with E-state index in [1.807, 2.05) is 6.26 Å². The molecule has 0 aliphatic carbocycles. The third kappa shape index (κ3) is 2.75. The van der Waals surface area contributed by atoms with Crippen LogP contribution in [0.4, 0.5) is 0 Å². The van der Waals surface area contributed by atoms with Crippen molar-refractivity contribution in [1.82, 2.24) is 4.90 Å². The maximum Gasteiger partial charge on any atom is 0.253 e. The van der Waals surface area contributed by atoms with Crippen molar-refractivity contribution in [2.75, 3.05) is 19.3 Å². The Hall–Kier alpha value is -1.67. The zero-order valence-corrected chi connectivity index (χ0v) is 12.5. The highest BCUT2D eigenvalue weighted by atomic mass is 32.2. The summed E-state index contributed by atoms with van der Waals surface area (Å²) in [5, 5.41) is 18.8. The second-order valence-electron chi connectivity index (χ2n) is 5.10. The predicted molar refractivity (Wildman–Crippen MR) is 79.8 cm³/mol. The Bertz CT molecular complexity index is 557. The van der Waals surface area contributed by atoms with Crippen molar-refractivity contribution in [3.05, 3.63) is 29.3 Å². The zero-order valence-electron chi connectivity index (χ0n) is 11.7. The van der Waals surface area contributed by atoms with Crippen LogP contribution in [0, 0.1) is 18.3 Å². The van der Waals surface area contributed by atoms with Gasteiger partial charge in [0, 0.05) is 18.7 Å². The summed E-state index contributed by atoms with van der Waals surface area (Å²) in [6, 6.07) is 7.28. The van der Waals surface area contributed by atoms with Gasteiger partial charge in [0.1, 0.15) is 10.5 Å². The van der Waals surface area contributed by atoms with E-state index in [0.717, 1.165) is 0 Å². The number of aryl methyl sites for hydroxylation is 1. The summed E-state index contributed by atoms with van der Waals surface area (Å²) in [4.78, 5) is 14.2. The molecule has 1 aliphatic rings. The van der Waals surface area contributed by atoms with Gasteiger partial charge in [0.25, 0.3) is 5.91 Å². The van der Waals surface area contributed by atoms with Crippen LogP contribution in [-0.4, -0.2) is 40.0 Å². The van der Waals surface area contributed by atoms with Crippen LogP contribution in [0.1, 0.15) is 28.8 Å². The van der Waals surface area contributed by atoms with E-state index < -0.39 is 0 Å². The molecule has 1 amide bonds. The maximum atomic E-state index is 12.4. The van der Waals surface area contributed by atoms with Crippen LogP contribution in [0.15, 0.2) is 18.2 Å². The molecule has 0 atom stereocenters. The molecule has 106 valence electrons. The van der Waals surface area contributed by atoms with Crippen LogP contribution in [0.25, 0.3) is 0 Å². The van der Waals surface area contributed by atoms with Gasteiger partial charge in [-0.15, -0.1) is 11.8 Å². The molecule has 0 bridgehead atoms. The summed E-state index contributed by atoms with van der Waals surface area (Å²) in [5.41, 5.74) is 1.29. The van der Waals surface area contributed by atoms with E-state index in [4.69, 9.17) is 0 Å². The number of rotatable bonds is 2. The molecule has 1 fully saturated rings. The zero-order chi connectivity index (χ0) is 14.8. The first-order chi connectivity index (χ1) is 9.51. The molecule has 1 aromatic rings. The highest BCUT2D eigenvalue weighted by molar-refractivity contribution is 8.00. The highest BCUT2D eigenvalue weighted by Gasteiger charge is 2.35. The van der Waals surface area contributed by atoms with E-state index >= 15 is 0 Å². The Morgan fingerprint density at radius 3 is 2.60 bits per heavy atom. The molecule has 5 heteroatoms. The minimum absolute atomic E-state index is 0.0271. The summed E-state index contributed by atoms with van der Waals surface area (Å²) in [6.07, 6.45) is 3.35. The van der Waals surface area contributed by atoms with Crippen molar-refractivity contribution in [1.29, 1.82) is 5.26 Å². The number of carbonyl (C=O) groups excluding carboxylic acids is 1. The average molecular weight is 290 g/mol. The number of phenolic OH excluding ortho intramolecular Hbond substituents is 1. The molecule has 1 heterocycles. The lowest BCUT2D eigenvalue weighted by Gasteiger charge is -2.36. The minimum atomic E-state index is -0.346. The van der Waals surface area contributed by atoms with E-state index in [-0.39, 0.29) is 16.4 Å². The second-order valence-corrected chi connectivity index (χ2v) is 6.29. The number of likely N-dealkylation sites (tertiary alicyclic amines) is 1. The van der Waals surface area contributed by atoms with Gasteiger partial charge in [0.15, 0.2) is 0 Å². The van der Waals surface area contributed by atoms with Gasteiger partial charge in [0.2, 0.25) is 0 Å². The van der Waals surface area contributed by atoms with Gasteiger partial charge >= 0.3 is 0 Å². The van der Waals surface area contributed by atoms with Gasteiger partial charge < -0.3 is 10.0 Å². The first kappa shape index (κ1) is 14.7. The lowest BCUT2D eigenvalue weighted by Crippen LogP contribution is -2.44. The minimum Gasteiger partial charge on any atom is -0.508 e. The van der Waals surface area contributed by atoms with Crippen LogP contribution in [0.5, 0.6) is 5.75 Å². The van der Waals surface area contributed by atoms with E-state index in [0.29, 0.717) is 37.1 Å². The first-order valence-electron chi connectivity index (χ1n) is 6.56. The number of benzene rings is 1. The van der Waals surface area contributed by atoms with Crippen molar-refractivity contribution in [2.24, 2.45) is 0 Å². The number of aromatic hydroxyl groups is 1. The van der Waals surface area contributed by atoms with E-state index in [1.54, 1.807) is 41.8 Å². The van der Waals surface area contributed by atoms with Gasteiger partial charge in [-0.2, -0.15) is 5.26 Å². The van der Waals surface area contributed by atoms with E-state index in [2.05, 4.69) is 6.07 Å². The number of carbonyl (C=O) groups is 1. The number of nitriles is 1. The van der Waals surface area contributed by atoms with Crippen molar-refractivity contribution in [3.8, 4) is 11.8 Å². The molecule has 2 rings (SSSR count). The molecule has 1 saturated heterocycles. The summed E-state index contributed by atoms with van der Waals surface area (Å²) in [5.74, 6) is 0.173. The van der Waals surface area contributed by atoms with Gasteiger partial charge in [-0.1, -0.05) is 0 Å².